The van der Waals surface area contributed by atoms with Crippen molar-refractivity contribution in [1.82, 2.24) is 0 Å². The van der Waals surface area contributed by atoms with E-state index in [9.17, 15) is 10.1 Å². The number of hydrogen-bond acceptors (Lipinski definition) is 3. The smallest absolute Gasteiger partial charge is 0.311 e. The van der Waals surface area contributed by atoms with Crippen molar-refractivity contribution in [1.29, 1.82) is 0 Å². The monoisotopic (exact) mass is 181 g/mol. The number of rotatable bonds is 5. The van der Waals surface area contributed by atoms with E-state index in [1.165, 1.54) is 0 Å². The summed E-state index contributed by atoms with van der Waals surface area (Å²) in [5.74, 6) is 0. The fraction of sp³-hybridized carbons (Fsp3) is 1.00. The van der Waals surface area contributed by atoms with Crippen LogP contribution in [-0.4, -0.2) is 21.6 Å². The number of unbranched alkanes of at least 4 members (excludes halogenated alkanes) is 1. The van der Waals surface area contributed by atoms with Crippen LogP contribution in [0.1, 0.15) is 26.2 Å². The van der Waals surface area contributed by atoms with Crippen molar-refractivity contribution >= 4 is 11.6 Å². The summed E-state index contributed by atoms with van der Waals surface area (Å²) < 4.78 is 0. The highest BCUT2D eigenvalue weighted by molar-refractivity contribution is 6.19. The number of aliphatic hydroxyl groups is 1. The first-order chi connectivity index (χ1) is 5.09. The molecule has 0 bridgehead atoms. The quantitative estimate of drug-likeness (QED) is 0.302. The largest absolute Gasteiger partial charge is 0.384 e. The van der Waals surface area contributed by atoms with Gasteiger partial charge in [0, 0.05) is 4.92 Å². The average molecular weight is 182 g/mol. The Balaban J connectivity index is 3.63. The molecule has 0 aromatic heterocycles. The van der Waals surface area contributed by atoms with Crippen LogP contribution in [0.5, 0.6) is 0 Å². The maximum absolute atomic E-state index is 10.0. The Hall–Kier alpha value is -0.350. The molecule has 0 heterocycles. The third-order valence-electron chi connectivity index (χ3n) is 1.37. The van der Waals surface area contributed by atoms with Gasteiger partial charge in [-0.25, -0.2) is 0 Å². The third-order valence-corrected chi connectivity index (χ3v) is 1.82. The van der Waals surface area contributed by atoms with Gasteiger partial charge in [0.25, 0.3) is 0 Å². The Morgan fingerprint density at radius 1 is 1.73 bits per heavy atom. The summed E-state index contributed by atoms with van der Waals surface area (Å²) in [6.07, 6.45) is 1.04. The summed E-state index contributed by atoms with van der Waals surface area (Å²) in [6, 6.07) is 0. The molecule has 1 N–H and O–H groups in total. The minimum absolute atomic E-state index is 0.394. The van der Waals surface area contributed by atoms with Gasteiger partial charge in [-0.1, -0.05) is 19.8 Å². The van der Waals surface area contributed by atoms with Gasteiger partial charge in [0.1, 0.15) is 6.10 Å². The van der Waals surface area contributed by atoms with E-state index in [1.807, 2.05) is 6.92 Å². The van der Waals surface area contributed by atoms with Crippen molar-refractivity contribution in [2.45, 2.75) is 37.8 Å². The van der Waals surface area contributed by atoms with Gasteiger partial charge < -0.3 is 5.11 Å². The van der Waals surface area contributed by atoms with Gasteiger partial charge in [-0.15, -0.1) is 0 Å². The Bertz CT molecular complexity index is 131. The van der Waals surface area contributed by atoms with Gasteiger partial charge in [-0.3, -0.25) is 10.1 Å². The topological polar surface area (TPSA) is 63.4 Å². The van der Waals surface area contributed by atoms with Crippen LogP contribution in [0.25, 0.3) is 0 Å². The molecule has 0 fully saturated rings. The maximum atomic E-state index is 10.0. The zero-order valence-corrected chi connectivity index (χ0v) is 7.12. The van der Waals surface area contributed by atoms with Crippen molar-refractivity contribution in [3.8, 4) is 0 Å². The minimum Gasteiger partial charge on any atom is -0.384 e. The molecule has 66 valence electrons. The first kappa shape index (κ1) is 10.7. The Kier molecular flexibility index (Phi) is 5.15. The molecule has 0 aliphatic heterocycles. The second-order valence-corrected chi connectivity index (χ2v) is 2.81. The lowest BCUT2D eigenvalue weighted by Crippen LogP contribution is -2.28. The molecule has 0 saturated carbocycles. The number of nitrogens with zero attached hydrogens (tertiary/aromatic N) is 1. The molecule has 0 aromatic rings. The normalized spacial score (nSPS) is 15.9. The molecule has 0 saturated heterocycles. The summed E-state index contributed by atoms with van der Waals surface area (Å²) >= 11 is 5.25. The molecule has 0 rings (SSSR count). The summed E-state index contributed by atoms with van der Waals surface area (Å²) in [5.41, 5.74) is -1.36. The van der Waals surface area contributed by atoms with E-state index in [4.69, 9.17) is 16.7 Å². The molecule has 5 heteroatoms. The van der Waals surface area contributed by atoms with Gasteiger partial charge >= 0.3 is 5.50 Å². The highest BCUT2D eigenvalue weighted by Gasteiger charge is 2.25. The van der Waals surface area contributed by atoms with Gasteiger partial charge in [-0.2, -0.15) is 0 Å². The van der Waals surface area contributed by atoms with Crippen LogP contribution < -0.4 is 0 Å². The van der Waals surface area contributed by atoms with Crippen molar-refractivity contribution < 1.29 is 10.0 Å². The highest BCUT2D eigenvalue weighted by Crippen LogP contribution is 2.10. The second-order valence-electron chi connectivity index (χ2n) is 2.37. The molecule has 0 aliphatic rings. The van der Waals surface area contributed by atoms with E-state index >= 15 is 0 Å². The summed E-state index contributed by atoms with van der Waals surface area (Å²) in [6.45, 7) is 1.95. The molecule has 0 amide bonds. The van der Waals surface area contributed by atoms with E-state index < -0.39 is 16.5 Å². The molecule has 0 aliphatic carbocycles. The molecular weight excluding hydrogens is 170 g/mol. The first-order valence-corrected chi connectivity index (χ1v) is 3.98. The van der Waals surface area contributed by atoms with E-state index in [2.05, 4.69) is 0 Å². The molecule has 2 unspecified atom stereocenters. The second kappa shape index (κ2) is 5.32. The highest BCUT2D eigenvalue weighted by atomic mass is 35.5. The Morgan fingerprint density at radius 3 is 2.64 bits per heavy atom. The summed E-state index contributed by atoms with van der Waals surface area (Å²) in [5, 5.41) is 19.1. The van der Waals surface area contributed by atoms with Gasteiger partial charge in [-0.05, 0) is 18.0 Å². The van der Waals surface area contributed by atoms with Gasteiger partial charge in [0.15, 0.2) is 0 Å². The van der Waals surface area contributed by atoms with Crippen LogP contribution in [-0.2, 0) is 0 Å². The molecular formula is C6H12ClNO3. The van der Waals surface area contributed by atoms with Gasteiger partial charge in [0.05, 0.1) is 0 Å². The first-order valence-electron chi connectivity index (χ1n) is 3.55. The third kappa shape index (κ3) is 4.16. The van der Waals surface area contributed by atoms with Crippen molar-refractivity contribution in [3.05, 3.63) is 10.1 Å². The number of alkyl halides is 1. The lowest BCUT2D eigenvalue weighted by atomic mass is 10.2. The number of halogens is 1. The number of nitro groups is 1. The predicted octanol–water partition coefficient (Wildman–Crippen LogP) is 1.38. The van der Waals surface area contributed by atoms with E-state index in [0.29, 0.717) is 6.42 Å². The minimum atomic E-state index is -1.36. The molecule has 0 spiro atoms. The van der Waals surface area contributed by atoms with E-state index in [1.54, 1.807) is 0 Å². The Labute approximate surface area is 70.3 Å². The van der Waals surface area contributed by atoms with E-state index in [0.717, 1.165) is 12.8 Å². The SMILES string of the molecule is CCCCC(O)C(Cl)[N+](=O)[O-]. The van der Waals surface area contributed by atoms with Crippen LogP contribution in [0.3, 0.4) is 0 Å². The maximum Gasteiger partial charge on any atom is 0.311 e. The van der Waals surface area contributed by atoms with Crippen molar-refractivity contribution in [2.75, 3.05) is 0 Å². The van der Waals surface area contributed by atoms with Crippen molar-refractivity contribution in [3.63, 3.8) is 0 Å². The lowest BCUT2D eigenvalue weighted by molar-refractivity contribution is -0.509. The number of hydrogen-bond donors (Lipinski definition) is 1. The molecule has 0 radical (unpaired) electrons. The van der Waals surface area contributed by atoms with Crippen molar-refractivity contribution in [2.24, 2.45) is 0 Å². The van der Waals surface area contributed by atoms with Crippen LogP contribution in [0.15, 0.2) is 0 Å². The molecule has 4 nitrogen and oxygen atoms in total. The van der Waals surface area contributed by atoms with Crippen LogP contribution in [0, 0.1) is 10.1 Å². The predicted molar refractivity (Wildman–Crippen MR) is 42.2 cm³/mol. The van der Waals surface area contributed by atoms with Crippen LogP contribution in [0.2, 0.25) is 0 Å². The molecule has 11 heavy (non-hydrogen) atoms. The standard InChI is InChI=1S/C6H12ClNO3/c1-2-3-4-5(9)6(7)8(10)11/h5-6,9H,2-4H2,1H3. The summed E-state index contributed by atoms with van der Waals surface area (Å²) in [4.78, 5) is 9.34. The zero-order chi connectivity index (χ0) is 8.85. The fourth-order valence-electron chi connectivity index (χ4n) is 0.691. The fourth-order valence-corrected chi connectivity index (χ4v) is 0.817. The van der Waals surface area contributed by atoms with Crippen LogP contribution >= 0.6 is 11.6 Å². The van der Waals surface area contributed by atoms with Gasteiger partial charge in [0.2, 0.25) is 0 Å². The van der Waals surface area contributed by atoms with E-state index in [-0.39, 0.29) is 0 Å². The average Bonchev–Trinajstić information content (AvgIpc) is 1.98. The van der Waals surface area contributed by atoms with Crippen LogP contribution in [0.4, 0.5) is 0 Å². The zero-order valence-electron chi connectivity index (χ0n) is 6.36. The Morgan fingerprint density at radius 2 is 2.27 bits per heavy atom. The lowest BCUT2D eigenvalue weighted by Gasteiger charge is -2.08. The molecule has 0 aromatic carbocycles. The summed E-state index contributed by atoms with van der Waals surface area (Å²) in [7, 11) is 0. The number of aliphatic hydroxyl groups excluding tert-OH is 1. The molecule has 2 atom stereocenters.